The summed E-state index contributed by atoms with van der Waals surface area (Å²) in [4.78, 5) is 12.8. The molecule has 0 saturated carbocycles. The first-order valence-electron chi connectivity index (χ1n) is 8.94. The van der Waals surface area contributed by atoms with Crippen LogP contribution >= 0.6 is 0 Å². The molecule has 0 unspecified atom stereocenters. The third-order valence-corrected chi connectivity index (χ3v) is 6.01. The van der Waals surface area contributed by atoms with Gasteiger partial charge in [-0.25, -0.2) is 8.42 Å². The smallest absolute Gasteiger partial charge is 0.244 e. The van der Waals surface area contributed by atoms with Gasteiger partial charge in [0.1, 0.15) is 6.04 Å². The molecule has 1 N–H and O–H groups in total. The number of aryl methyl sites for hydroxylation is 3. The molecular formula is C21H28N2O3S. The van der Waals surface area contributed by atoms with E-state index in [2.05, 4.69) is 5.32 Å². The molecule has 5 nitrogen and oxygen atoms in total. The maximum absolute atomic E-state index is 12.8. The van der Waals surface area contributed by atoms with Crippen LogP contribution in [0.4, 0.5) is 5.69 Å². The number of amides is 1. The van der Waals surface area contributed by atoms with Gasteiger partial charge in [-0.05, 0) is 63.4 Å². The zero-order valence-electron chi connectivity index (χ0n) is 16.8. The molecule has 2 aromatic rings. The second-order valence-electron chi connectivity index (χ2n) is 7.14. The van der Waals surface area contributed by atoms with Gasteiger partial charge in [0.25, 0.3) is 0 Å². The van der Waals surface area contributed by atoms with Gasteiger partial charge >= 0.3 is 0 Å². The molecule has 1 amide bonds. The summed E-state index contributed by atoms with van der Waals surface area (Å²) < 4.78 is 26.0. The minimum absolute atomic E-state index is 0.221. The first-order chi connectivity index (χ1) is 12.5. The molecule has 0 fully saturated rings. The molecule has 0 aliphatic rings. The van der Waals surface area contributed by atoms with E-state index in [1.807, 2.05) is 58.0 Å². The number of carbonyl (C=O) groups excluding carboxylic acids is 1. The van der Waals surface area contributed by atoms with Crippen molar-refractivity contribution in [3.8, 4) is 0 Å². The van der Waals surface area contributed by atoms with E-state index in [0.29, 0.717) is 5.69 Å². The van der Waals surface area contributed by atoms with E-state index in [0.717, 1.165) is 28.5 Å². The minimum atomic E-state index is -3.63. The van der Waals surface area contributed by atoms with Crippen molar-refractivity contribution in [2.75, 3.05) is 10.6 Å². The van der Waals surface area contributed by atoms with Gasteiger partial charge in [0.2, 0.25) is 15.9 Å². The molecule has 0 bridgehead atoms. The number of nitrogens with one attached hydrogen (secondary N) is 1. The van der Waals surface area contributed by atoms with Gasteiger partial charge < -0.3 is 5.32 Å². The van der Waals surface area contributed by atoms with Crippen molar-refractivity contribution in [3.05, 3.63) is 64.7 Å². The lowest BCUT2D eigenvalue weighted by molar-refractivity contribution is -0.122. The summed E-state index contributed by atoms with van der Waals surface area (Å²) in [5.74, 6) is -0.341. The topological polar surface area (TPSA) is 66.5 Å². The van der Waals surface area contributed by atoms with E-state index in [-0.39, 0.29) is 11.9 Å². The molecule has 2 aromatic carbocycles. The fraction of sp³-hybridized carbons (Fsp3) is 0.381. The molecule has 0 saturated heterocycles. The SMILES string of the molecule is Cc1ccc([C@@H](C)NC(=O)[C@H](C)N(c2ccc(C)c(C)c2)S(C)(=O)=O)cc1. The predicted octanol–water partition coefficient (Wildman–Crippen LogP) is 3.64. The Labute approximate surface area is 162 Å². The zero-order chi connectivity index (χ0) is 20.4. The lowest BCUT2D eigenvalue weighted by atomic mass is 10.1. The summed E-state index contributed by atoms with van der Waals surface area (Å²) in [6.07, 6.45) is 1.12. The van der Waals surface area contributed by atoms with Crippen LogP contribution < -0.4 is 9.62 Å². The second kappa shape index (κ2) is 8.13. The lowest BCUT2D eigenvalue weighted by Crippen LogP contribution is -2.48. The molecule has 0 aliphatic carbocycles. The van der Waals surface area contributed by atoms with Crippen LogP contribution in [-0.4, -0.2) is 26.6 Å². The lowest BCUT2D eigenvalue weighted by Gasteiger charge is -2.29. The summed E-state index contributed by atoms with van der Waals surface area (Å²) in [7, 11) is -3.63. The van der Waals surface area contributed by atoms with Crippen molar-refractivity contribution in [3.63, 3.8) is 0 Å². The summed E-state index contributed by atoms with van der Waals surface area (Å²) >= 11 is 0. The Balaban J connectivity index is 2.26. The molecule has 0 aromatic heterocycles. The van der Waals surface area contributed by atoms with Gasteiger partial charge in [0, 0.05) is 0 Å². The molecule has 6 heteroatoms. The number of nitrogens with zero attached hydrogens (tertiary/aromatic N) is 1. The van der Waals surface area contributed by atoms with Gasteiger partial charge in [0.15, 0.2) is 0 Å². The fourth-order valence-corrected chi connectivity index (χ4v) is 4.11. The Hall–Kier alpha value is -2.34. The first kappa shape index (κ1) is 21.0. The number of sulfonamides is 1. The highest BCUT2D eigenvalue weighted by Gasteiger charge is 2.30. The first-order valence-corrected chi connectivity index (χ1v) is 10.8. The molecule has 0 radical (unpaired) electrons. The highest BCUT2D eigenvalue weighted by atomic mass is 32.2. The number of rotatable bonds is 6. The zero-order valence-corrected chi connectivity index (χ0v) is 17.6. The Kier molecular flexibility index (Phi) is 6.31. The van der Waals surface area contributed by atoms with Crippen LogP contribution in [0.2, 0.25) is 0 Å². The van der Waals surface area contributed by atoms with Crippen LogP contribution in [0.25, 0.3) is 0 Å². The average molecular weight is 389 g/mol. The highest BCUT2D eigenvalue weighted by Crippen LogP contribution is 2.24. The molecule has 146 valence electrons. The number of anilines is 1. The van der Waals surface area contributed by atoms with E-state index in [4.69, 9.17) is 0 Å². The normalized spacial score (nSPS) is 13.7. The van der Waals surface area contributed by atoms with Crippen LogP contribution in [0.15, 0.2) is 42.5 Å². The van der Waals surface area contributed by atoms with Crippen LogP contribution in [0, 0.1) is 20.8 Å². The Bertz CT molecular complexity index is 921. The third-order valence-electron chi connectivity index (χ3n) is 4.77. The van der Waals surface area contributed by atoms with E-state index >= 15 is 0 Å². The summed E-state index contributed by atoms with van der Waals surface area (Å²) in [5, 5.41) is 2.92. The predicted molar refractivity (Wildman–Crippen MR) is 110 cm³/mol. The van der Waals surface area contributed by atoms with Crippen molar-refractivity contribution >= 4 is 21.6 Å². The highest BCUT2D eigenvalue weighted by molar-refractivity contribution is 7.92. The van der Waals surface area contributed by atoms with Crippen molar-refractivity contribution in [1.82, 2.24) is 5.32 Å². The number of hydrogen-bond donors (Lipinski definition) is 1. The maximum Gasteiger partial charge on any atom is 0.244 e. The van der Waals surface area contributed by atoms with E-state index in [1.54, 1.807) is 19.1 Å². The van der Waals surface area contributed by atoms with Gasteiger partial charge in [-0.1, -0.05) is 35.9 Å². The van der Waals surface area contributed by atoms with Crippen LogP contribution in [0.3, 0.4) is 0 Å². The minimum Gasteiger partial charge on any atom is -0.348 e. The van der Waals surface area contributed by atoms with E-state index < -0.39 is 16.1 Å². The van der Waals surface area contributed by atoms with E-state index in [9.17, 15) is 13.2 Å². The molecule has 0 heterocycles. The largest absolute Gasteiger partial charge is 0.348 e. The molecule has 0 spiro atoms. The van der Waals surface area contributed by atoms with Crippen molar-refractivity contribution in [2.24, 2.45) is 0 Å². The molecule has 0 aliphatic heterocycles. The van der Waals surface area contributed by atoms with Crippen LogP contribution in [-0.2, 0) is 14.8 Å². The van der Waals surface area contributed by atoms with Crippen LogP contribution in [0.1, 0.15) is 42.1 Å². The molecule has 2 atom stereocenters. The number of carbonyl (C=O) groups is 1. The second-order valence-corrected chi connectivity index (χ2v) is 9.00. The quantitative estimate of drug-likeness (QED) is 0.821. The number of hydrogen-bond acceptors (Lipinski definition) is 3. The third kappa shape index (κ3) is 5.10. The molecule has 2 rings (SSSR count). The summed E-state index contributed by atoms with van der Waals surface area (Å²) in [6.45, 7) is 9.37. The fourth-order valence-electron chi connectivity index (χ4n) is 2.94. The van der Waals surface area contributed by atoms with Gasteiger partial charge in [0.05, 0.1) is 18.0 Å². The van der Waals surface area contributed by atoms with Crippen molar-refractivity contribution in [2.45, 2.75) is 46.7 Å². The summed E-state index contributed by atoms with van der Waals surface area (Å²) in [5.41, 5.74) is 4.65. The van der Waals surface area contributed by atoms with Gasteiger partial charge in [-0.3, -0.25) is 9.10 Å². The monoisotopic (exact) mass is 388 g/mol. The maximum atomic E-state index is 12.8. The van der Waals surface area contributed by atoms with Crippen molar-refractivity contribution < 1.29 is 13.2 Å². The van der Waals surface area contributed by atoms with Crippen LogP contribution in [0.5, 0.6) is 0 Å². The Morgan fingerprint density at radius 1 is 0.963 bits per heavy atom. The van der Waals surface area contributed by atoms with Gasteiger partial charge in [-0.15, -0.1) is 0 Å². The van der Waals surface area contributed by atoms with Gasteiger partial charge in [-0.2, -0.15) is 0 Å². The standard InChI is InChI=1S/C21H28N2O3S/c1-14-7-10-19(11-8-14)17(4)22-21(24)18(5)23(27(6,25)26)20-12-9-15(2)16(3)13-20/h7-13,17-18H,1-6H3,(H,22,24)/t17-,18+/m1/s1. The van der Waals surface area contributed by atoms with E-state index in [1.165, 1.54) is 4.31 Å². The number of benzene rings is 2. The van der Waals surface area contributed by atoms with Crippen molar-refractivity contribution in [1.29, 1.82) is 0 Å². The summed E-state index contributed by atoms with van der Waals surface area (Å²) in [6, 6.07) is 12.2. The Morgan fingerprint density at radius 2 is 1.56 bits per heavy atom. The molecule has 27 heavy (non-hydrogen) atoms. The Morgan fingerprint density at radius 3 is 2.07 bits per heavy atom. The molecular weight excluding hydrogens is 360 g/mol. The average Bonchev–Trinajstić information content (AvgIpc) is 2.57.